The van der Waals surface area contributed by atoms with Crippen molar-refractivity contribution in [1.29, 1.82) is 0 Å². The van der Waals surface area contributed by atoms with Crippen LogP contribution < -0.4 is 10.2 Å². The van der Waals surface area contributed by atoms with Crippen molar-refractivity contribution in [3.8, 4) is 0 Å². The topological polar surface area (TPSA) is 49.4 Å². The molecule has 0 saturated carbocycles. The monoisotopic (exact) mass is 444 g/mol. The molecule has 0 spiro atoms. The SMILES string of the molecule is CCCCc1ccc(N2C(=O)C(Nc3ccc(Cl)cc3C)=C(c3ccccc3)C2=O)cc1. The van der Waals surface area contributed by atoms with E-state index in [-0.39, 0.29) is 17.5 Å². The first kappa shape index (κ1) is 21.8. The highest BCUT2D eigenvalue weighted by molar-refractivity contribution is 6.46. The van der Waals surface area contributed by atoms with Crippen LogP contribution >= 0.6 is 11.6 Å². The van der Waals surface area contributed by atoms with Crippen molar-refractivity contribution < 1.29 is 9.59 Å². The number of hydrogen-bond acceptors (Lipinski definition) is 3. The third kappa shape index (κ3) is 4.32. The molecule has 0 aliphatic carbocycles. The highest BCUT2D eigenvalue weighted by Crippen LogP contribution is 2.34. The molecule has 1 aliphatic heterocycles. The fourth-order valence-electron chi connectivity index (χ4n) is 3.85. The van der Waals surface area contributed by atoms with E-state index in [2.05, 4.69) is 12.2 Å². The summed E-state index contributed by atoms with van der Waals surface area (Å²) in [7, 11) is 0. The van der Waals surface area contributed by atoms with Gasteiger partial charge in [0.15, 0.2) is 0 Å². The first-order chi connectivity index (χ1) is 15.5. The highest BCUT2D eigenvalue weighted by atomic mass is 35.5. The van der Waals surface area contributed by atoms with Crippen LogP contribution in [0.15, 0.2) is 78.5 Å². The lowest BCUT2D eigenvalue weighted by Gasteiger charge is -2.16. The van der Waals surface area contributed by atoms with E-state index in [1.54, 1.807) is 6.07 Å². The Bertz CT molecular complexity index is 1180. The number of aryl methyl sites for hydroxylation is 2. The van der Waals surface area contributed by atoms with Gasteiger partial charge in [0.25, 0.3) is 11.8 Å². The smallest absolute Gasteiger partial charge is 0.282 e. The van der Waals surface area contributed by atoms with Crippen LogP contribution in [0.2, 0.25) is 5.02 Å². The van der Waals surface area contributed by atoms with Crippen molar-refractivity contribution in [2.45, 2.75) is 33.1 Å². The van der Waals surface area contributed by atoms with Gasteiger partial charge in [0.05, 0.1) is 11.3 Å². The van der Waals surface area contributed by atoms with E-state index >= 15 is 0 Å². The second kappa shape index (κ2) is 9.41. The van der Waals surface area contributed by atoms with Crippen LogP contribution in [0.5, 0.6) is 0 Å². The van der Waals surface area contributed by atoms with Crippen LogP contribution in [-0.4, -0.2) is 11.8 Å². The molecule has 1 N–H and O–H groups in total. The van der Waals surface area contributed by atoms with E-state index in [1.165, 1.54) is 10.5 Å². The van der Waals surface area contributed by atoms with Gasteiger partial charge >= 0.3 is 0 Å². The number of anilines is 2. The van der Waals surface area contributed by atoms with Gasteiger partial charge in [0, 0.05) is 10.7 Å². The van der Waals surface area contributed by atoms with Crippen molar-refractivity contribution in [2.75, 3.05) is 10.2 Å². The van der Waals surface area contributed by atoms with Crippen LogP contribution in [0.1, 0.15) is 36.5 Å². The van der Waals surface area contributed by atoms with Gasteiger partial charge in [-0.05, 0) is 66.8 Å². The summed E-state index contributed by atoms with van der Waals surface area (Å²) in [6, 6.07) is 22.3. The average Bonchev–Trinajstić information content (AvgIpc) is 3.04. The van der Waals surface area contributed by atoms with Gasteiger partial charge in [-0.1, -0.05) is 67.4 Å². The Hall–Kier alpha value is -3.37. The van der Waals surface area contributed by atoms with E-state index in [4.69, 9.17) is 11.6 Å². The summed E-state index contributed by atoms with van der Waals surface area (Å²) in [6.07, 6.45) is 3.21. The van der Waals surface area contributed by atoms with Crippen molar-refractivity contribution in [1.82, 2.24) is 0 Å². The summed E-state index contributed by atoms with van der Waals surface area (Å²) in [5, 5.41) is 3.83. The number of halogens is 1. The molecule has 3 aromatic carbocycles. The summed E-state index contributed by atoms with van der Waals surface area (Å²) in [5.41, 5.74) is 4.70. The van der Waals surface area contributed by atoms with Gasteiger partial charge in [0.1, 0.15) is 5.70 Å². The molecule has 0 bridgehead atoms. The van der Waals surface area contributed by atoms with Crippen molar-refractivity contribution >= 4 is 40.4 Å². The van der Waals surface area contributed by atoms with Crippen LogP contribution in [0, 0.1) is 6.92 Å². The van der Waals surface area contributed by atoms with Crippen LogP contribution in [0.3, 0.4) is 0 Å². The van der Waals surface area contributed by atoms with Crippen molar-refractivity contribution in [3.63, 3.8) is 0 Å². The quantitative estimate of drug-likeness (QED) is 0.429. The van der Waals surface area contributed by atoms with E-state index in [1.807, 2.05) is 73.7 Å². The predicted octanol–water partition coefficient (Wildman–Crippen LogP) is 6.39. The lowest BCUT2D eigenvalue weighted by molar-refractivity contribution is -0.120. The zero-order valence-electron chi connectivity index (χ0n) is 18.2. The fourth-order valence-corrected chi connectivity index (χ4v) is 4.07. The Morgan fingerprint density at radius 2 is 1.62 bits per heavy atom. The minimum absolute atomic E-state index is 0.265. The standard InChI is InChI=1S/C27H25ClN2O2/c1-3-4-8-19-11-14-22(15-12-19)30-26(31)24(20-9-6-5-7-10-20)25(27(30)32)29-23-16-13-21(28)17-18(23)2/h5-7,9-17,29H,3-4,8H2,1-2H3. The number of nitrogens with one attached hydrogen (secondary N) is 1. The van der Waals surface area contributed by atoms with Gasteiger partial charge in [-0.3, -0.25) is 9.59 Å². The number of nitrogens with zero attached hydrogens (tertiary/aromatic N) is 1. The lowest BCUT2D eigenvalue weighted by Crippen LogP contribution is -2.32. The summed E-state index contributed by atoms with van der Waals surface area (Å²) in [4.78, 5) is 28.2. The molecule has 0 fully saturated rings. The number of rotatable bonds is 7. The molecule has 0 saturated heterocycles. The minimum atomic E-state index is -0.371. The molecule has 32 heavy (non-hydrogen) atoms. The fraction of sp³-hybridized carbons (Fsp3) is 0.185. The molecular weight excluding hydrogens is 420 g/mol. The summed E-state index contributed by atoms with van der Waals surface area (Å²) in [6.45, 7) is 4.06. The van der Waals surface area contributed by atoms with Gasteiger partial charge in [-0.25, -0.2) is 4.90 Å². The van der Waals surface area contributed by atoms with Crippen LogP contribution in [0.25, 0.3) is 5.57 Å². The van der Waals surface area contributed by atoms with Crippen molar-refractivity contribution in [2.24, 2.45) is 0 Å². The zero-order valence-corrected chi connectivity index (χ0v) is 18.9. The lowest BCUT2D eigenvalue weighted by atomic mass is 10.0. The van der Waals surface area contributed by atoms with Crippen LogP contribution in [-0.2, 0) is 16.0 Å². The normalized spacial score (nSPS) is 13.8. The molecule has 4 nitrogen and oxygen atoms in total. The Morgan fingerprint density at radius 3 is 2.28 bits per heavy atom. The first-order valence-corrected chi connectivity index (χ1v) is 11.2. The largest absolute Gasteiger partial charge is 0.350 e. The Morgan fingerprint density at radius 1 is 0.906 bits per heavy atom. The number of carbonyl (C=O) groups is 2. The van der Waals surface area contributed by atoms with E-state index in [0.29, 0.717) is 21.8 Å². The molecule has 0 aromatic heterocycles. The van der Waals surface area contributed by atoms with Crippen LogP contribution in [0.4, 0.5) is 11.4 Å². The molecule has 2 amide bonds. The highest BCUT2D eigenvalue weighted by Gasteiger charge is 2.40. The molecule has 0 unspecified atom stereocenters. The number of amides is 2. The Kier molecular flexibility index (Phi) is 6.42. The average molecular weight is 445 g/mol. The molecule has 162 valence electrons. The minimum Gasteiger partial charge on any atom is -0.350 e. The molecular formula is C27H25ClN2O2. The van der Waals surface area contributed by atoms with E-state index in [9.17, 15) is 9.59 Å². The second-order valence-corrected chi connectivity index (χ2v) is 8.35. The Balaban J connectivity index is 1.73. The number of imide groups is 1. The van der Waals surface area contributed by atoms with E-state index in [0.717, 1.165) is 30.5 Å². The molecule has 4 rings (SSSR count). The summed E-state index contributed by atoms with van der Waals surface area (Å²) in [5.74, 6) is -0.707. The molecule has 5 heteroatoms. The first-order valence-electron chi connectivity index (χ1n) is 10.8. The van der Waals surface area contributed by atoms with E-state index < -0.39 is 0 Å². The summed E-state index contributed by atoms with van der Waals surface area (Å²) >= 11 is 6.09. The number of unbranched alkanes of at least 4 members (excludes halogenated alkanes) is 1. The number of benzene rings is 3. The third-order valence-electron chi connectivity index (χ3n) is 5.61. The molecule has 0 radical (unpaired) electrons. The maximum absolute atomic E-state index is 13.5. The predicted molar refractivity (Wildman–Crippen MR) is 131 cm³/mol. The summed E-state index contributed by atoms with van der Waals surface area (Å²) < 4.78 is 0. The number of carbonyl (C=O) groups excluding carboxylic acids is 2. The van der Waals surface area contributed by atoms with Gasteiger partial charge in [0.2, 0.25) is 0 Å². The molecule has 3 aromatic rings. The van der Waals surface area contributed by atoms with Gasteiger partial charge in [-0.15, -0.1) is 0 Å². The maximum atomic E-state index is 13.5. The Labute approximate surface area is 193 Å². The van der Waals surface area contributed by atoms with Gasteiger partial charge < -0.3 is 5.32 Å². The molecule has 0 atom stereocenters. The number of hydrogen-bond donors (Lipinski definition) is 1. The van der Waals surface area contributed by atoms with Gasteiger partial charge in [-0.2, -0.15) is 0 Å². The third-order valence-corrected chi connectivity index (χ3v) is 5.84. The molecule has 1 heterocycles. The molecule has 1 aliphatic rings. The van der Waals surface area contributed by atoms with Crippen molar-refractivity contribution in [3.05, 3.63) is 100 Å². The maximum Gasteiger partial charge on any atom is 0.282 e. The second-order valence-electron chi connectivity index (χ2n) is 7.92. The zero-order chi connectivity index (χ0) is 22.7.